The van der Waals surface area contributed by atoms with Gasteiger partial charge in [0.15, 0.2) is 12.4 Å². The van der Waals surface area contributed by atoms with E-state index in [1.165, 1.54) is 24.3 Å². The molecule has 0 saturated heterocycles. The minimum atomic E-state index is -0.619. The van der Waals surface area contributed by atoms with Crippen LogP contribution in [0.5, 0.6) is 5.75 Å². The third kappa shape index (κ3) is 5.18. The highest BCUT2D eigenvalue weighted by atomic mass is 35.5. The molecule has 0 radical (unpaired) electrons. The highest BCUT2D eigenvalue weighted by Gasteiger charge is 2.19. The maximum Gasteiger partial charge on any atom is 0.282 e. The fourth-order valence-corrected chi connectivity index (χ4v) is 2.68. The number of hydrogen-bond donors (Lipinski definition) is 1. The predicted octanol–water partition coefficient (Wildman–Crippen LogP) is 4.76. The Morgan fingerprint density at radius 1 is 1.00 bits per heavy atom. The Morgan fingerprint density at radius 2 is 1.72 bits per heavy atom. The number of nitrogens with one attached hydrogen (secondary N) is 1. The summed E-state index contributed by atoms with van der Waals surface area (Å²) < 4.78 is 5.50. The Labute approximate surface area is 171 Å². The SMILES string of the molecule is O=C(COc1cccc(NC(=O)c2ccccc2[N+](=O)[O-])c1)c1ccc(Cl)cc1. The van der Waals surface area contributed by atoms with Gasteiger partial charge in [0.25, 0.3) is 11.6 Å². The Kier molecular flexibility index (Phi) is 6.21. The monoisotopic (exact) mass is 410 g/mol. The minimum absolute atomic E-state index is 0.0539. The first kappa shape index (κ1) is 20.0. The van der Waals surface area contributed by atoms with Gasteiger partial charge in [-0.1, -0.05) is 29.8 Å². The van der Waals surface area contributed by atoms with E-state index in [0.29, 0.717) is 22.0 Å². The van der Waals surface area contributed by atoms with Crippen molar-refractivity contribution in [2.24, 2.45) is 0 Å². The largest absolute Gasteiger partial charge is 0.485 e. The maximum atomic E-state index is 12.4. The molecule has 3 aromatic carbocycles. The Hall–Kier alpha value is -3.71. The van der Waals surface area contributed by atoms with Crippen molar-refractivity contribution in [3.8, 4) is 5.75 Å². The molecule has 0 fully saturated rings. The minimum Gasteiger partial charge on any atom is -0.485 e. The lowest BCUT2D eigenvalue weighted by Crippen LogP contribution is -2.14. The second kappa shape index (κ2) is 8.99. The molecule has 0 aliphatic heterocycles. The van der Waals surface area contributed by atoms with Gasteiger partial charge in [-0.25, -0.2) is 0 Å². The van der Waals surface area contributed by atoms with E-state index in [0.717, 1.165) is 0 Å². The van der Waals surface area contributed by atoms with Crippen LogP contribution < -0.4 is 10.1 Å². The molecule has 7 nitrogen and oxygen atoms in total. The third-order valence-electron chi connectivity index (χ3n) is 3.97. The lowest BCUT2D eigenvalue weighted by atomic mass is 10.1. The van der Waals surface area contributed by atoms with Crippen molar-refractivity contribution in [2.75, 3.05) is 11.9 Å². The van der Waals surface area contributed by atoms with Gasteiger partial charge < -0.3 is 10.1 Å². The van der Waals surface area contributed by atoms with E-state index >= 15 is 0 Å². The number of nitrogens with zero attached hydrogens (tertiary/aromatic N) is 1. The van der Waals surface area contributed by atoms with Gasteiger partial charge in [0.05, 0.1) is 4.92 Å². The summed E-state index contributed by atoms with van der Waals surface area (Å²) in [5.74, 6) is -0.476. The molecule has 29 heavy (non-hydrogen) atoms. The van der Waals surface area contributed by atoms with Gasteiger partial charge in [-0.05, 0) is 42.5 Å². The molecule has 0 unspecified atom stereocenters. The first-order valence-corrected chi connectivity index (χ1v) is 8.88. The third-order valence-corrected chi connectivity index (χ3v) is 4.23. The summed E-state index contributed by atoms with van der Waals surface area (Å²) in [5, 5.41) is 14.2. The van der Waals surface area contributed by atoms with Crippen LogP contribution in [0.1, 0.15) is 20.7 Å². The standard InChI is InChI=1S/C21H15ClN2O5/c22-15-10-8-14(9-11-15)20(25)13-29-17-5-3-4-16(12-17)23-21(26)18-6-1-2-7-19(18)24(27)28/h1-12H,13H2,(H,23,26). The van der Waals surface area contributed by atoms with Crippen molar-refractivity contribution in [3.05, 3.63) is 99.1 Å². The van der Waals surface area contributed by atoms with E-state index in [9.17, 15) is 19.7 Å². The zero-order valence-corrected chi connectivity index (χ0v) is 15.8. The molecule has 1 amide bonds. The number of nitro benzene ring substituents is 1. The molecule has 3 rings (SSSR count). The van der Waals surface area contributed by atoms with Gasteiger partial charge in [-0.15, -0.1) is 0 Å². The van der Waals surface area contributed by atoms with Gasteiger partial charge in [0.1, 0.15) is 11.3 Å². The number of hydrogen-bond acceptors (Lipinski definition) is 5. The van der Waals surface area contributed by atoms with Crippen molar-refractivity contribution >= 4 is 34.7 Å². The van der Waals surface area contributed by atoms with Crippen molar-refractivity contribution in [2.45, 2.75) is 0 Å². The van der Waals surface area contributed by atoms with Gasteiger partial charge in [-0.3, -0.25) is 19.7 Å². The quantitative estimate of drug-likeness (QED) is 0.344. The van der Waals surface area contributed by atoms with Crippen LogP contribution in [0, 0.1) is 10.1 Å². The van der Waals surface area contributed by atoms with Crippen molar-refractivity contribution in [1.82, 2.24) is 0 Å². The summed E-state index contributed by atoms with van der Waals surface area (Å²) in [6.07, 6.45) is 0. The number of para-hydroxylation sites is 1. The number of ether oxygens (including phenoxy) is 1. The molecule has 3 aromatic rings. The zero-order valence-electron chi connectivity index (χ0n) is 15.0. The fraction of sp³-hybridized carbons (Fsp3) is 0.0476. The van der Waals surface area contributed by atoms with Crippen LogP contribution in [0.4, 0.5) is 11.4 Å². The van der Waals surface area contributed by atoms with Gasteiger partial charge >= 0.3 is 0 Å². The molecule has 0 saturated carbocycles. The molecule has 0 atom stereocenters. The topological polar surface area (TPSA) is 98.5 Å². The number of anilines is 1. The van der Waals surface area contributed by atoms with E-state index in [-0.39, 0.29) is 23.6 Å². The summed E-state index contributed by atoms with van der Waals surface area (Å²) in [6.45, 7) is -0.191. The number of carbonyl (C=O) groups excluding carboxylic acids is 2. The normalized spacial score (nSPS) is 10.2. The summed E-state index contributed by atoms with van der Waals surface area (Å²) in [5.41, 5.74) is 0.507. The molecule has 8 heteroatoms. The number of rotatable bonds is 7. The number of ketones is 1. The molecule has 1 N–H and O–H groups in total. The molecule has 0 aliphatic carbocycles. The molecule has 0 heterocycles. The zero-order chi connectivity index (χ0) is 20.8. The van der Waals surface area contributed by atoms with Crippen LogP contribution in [-0.4, -0.2) is 23.2 Å². The van der Waals surface area contributed by atoms with E-state index in [1.54, 1.807) is 48.5 Å². The van der Waals surface area contributed by atoms with Crippen LogP contribution in [0.2, 0.25) is 5.02 Å². The molecule has 0 spiro atoms. The fourth-order valence-electron chi connectivity index (χ4n) is 2.55. The van der Waals surface area contributed by atoms with E-state index in [1.807, 2.05) is 0 Å². The Bertz CT molecular complexity index is 1070. The second-order valence-corrected chi connectivity index (χ2v) is 6.41. The van der Waals surface area contributed by atoms with E-state index in [2.05, 4.69) is 5.32 Å². The number of carbonyl (C=O) groups is 2. The Morgan fingerprint density at radius 3 is 2.45 bits per heavy atom. The average Bonchev–Trinajstić information content (AvgIpc) is 2.72. The van der Waals surface area contributed by atoms with Crippen molar-refractivity contribution in [1.29, 1.82) is 0 Å². The smallest absolute Gasteiger partial charge is 0.282 e. The first-order valence-electron chi connectivity index (χ1n) is 8.50. The summed E-state index contributed by atoms with van der Waals surface area (Å²) in [6, 6.07) is 18.5. The molecule has 0 bridgehead atoms. The maximum absolute atomic E-state index is 12.4. The molecule has 146 valence electrons. The van der Waals surface area contributed by atoms with Gasteiger partial charge in [0.2, 0.25) is 0 Å². The number of Topliss-reactive ketones (excluding diaryl/α,β-unsaturated/α-hetero) is 1. The van der Waals surface area contributed by atoms with Crippen molar-refractivity contribution in [3.63, 3.8) is 0 Å². The molecule has 0 aromatic heterocycles. The lowest BCUT2D eigenvalue weighted by Gasteiger charge is -2.09. The summed E-state index contributed by atoms with van der Waals surface area (Å²) >= 11 is 5.81. The number of nitro groups is 1. The summed E-state index contributed by atoms with van der Waals surface area (Å²) in [4.78, 5) is 35.1. The number of amides is 1. The van der Waals surface area contributed by atoms with E-state index in [4.69, 9.17) is 16.3 Å². The number of halogens is 1. The van der Waals surface area contributed by atoms with Crippen LogP contribution in [0.3, 0.4) is 0 Å². The highest BCUT2D eigenvalue weighted by Crippen LogP contribution is 2.22. The Balaban J connectivity index is 1.67. The molecule has 0 aliphatic rings. The van der Waals surface area contributed by atoms with E-state index < -0.39 is 10.8 Å². The van der Waals surface area contributed by atoms with Crippen LogP contribution in [0.15, 0.2) is 72.8 Å². The van der Waals surface area contributed by atoms with Crippen LogP contribution in [-0.2, 0) is 0 Å². The van der Waals surface area contributed by atoms with Crippen LogP contribution >= 0.6 is 11.6 Å². The average molecular weight is 411 g/mol. The van der Waals surface area contributed by atoms with Gasteiger partial charge in [-0.2, -0.15) is 0 Å². The first-order chi connectivity index (χ1) is 13.9. The molecular formula is C21H15ClN2O5. The van der Waals surface area contributed by atoms with Crippen molar-refractivity contribution < 1.29 is 19.2 Å². The highest BCUT2D eigenvalue weighted by molar-refractivity contribution is 6.30. The number of benzene rings is 3. The second-order valence-electron chi connectivity index (χ2n) is 5.97. The predicted molar refractivity (Wildman–Crippen MR) is 109 cm³/mol. The lowest BCUT2D eigenvalue weighted by molar-refractivity contribution is -0.385. The van der Waals surface area contributed by atoms with Gasteiger partial charge in [0, 0.05) is 28.4 Å². The molecular weight excluding hydrogens is 396 g/mol. The van der Waals surface area contributed by atoms with Crippen LogP contribution in [0.25, 0.3) is 0 Å². The summed E-state index contributed by atoms with van der Waals surface area (Å²) in [7, 11) is 0.